The topological polar surface area (TPSA) is 111 Å². The van der Waals surface area contributed by atoms with Gasteiger partial charge in [-0.25, -0.2) is 9.67 Å². The van der Waals surface area contributed by atoms with E-state index in [0.717, 1.165) is 12.8 Å². The number of benzene rings is 1. The summed E-state index contributed by atoms with van der Waals surface area (Å²) >= 11 is 0. The molecule has 9 nitrogen and oxygen atoms in total. The smallest absolute Gasteiger partial charge is 0.388 e. The fourth-order valence-corrected chi connectivity index (χ4v) is 5.24. The summed E-state index contributed by atoms with van der Waals surface area (Å²) in [7, 11) is 0. The number of rotatable bonds is 5. The molecule has 4 heterocycles. The number of halogens is 3. The first kappa shape index (κ1) is 26.6. The zero-order valence-corrected chi connectivity index (χ0v) is 21.6. The van der Waals surface area contributed by atoms with Crippen molar-refractivity contribution < 1.29 is 18.6 Å². The van der Waals surface area contributed by atoms with Crippen LogP contribution in [0.3, 0.4) is 0 Å². The summed E-state index contributed by atoms with van der Waals surface area (Å²) in [5.41, 5.74) is 3.14. The van der Waals surface area contributed by atoms with E-state index in [1.165, 1.54) is 18.3 Å². The van der Waals surface area contributed by atoms with Gasteiger partial charge in [0.15, 0.2) is 0 Å². The van der Waals surface area contributed by atoms with Crippen molar-refractivity contribution in [1.82, 2.24) is 35.5 Å². The Hall–Kier alpha value is -3.44. The highest BCUT2D eigenvalue weighted by Gasteiger charge is 2.39. The third-order valence-electron chi connectivity index (χ3n) is 6.29. The SMILES string of the molecule is CC1(C)CC(n2nnc3cc(-c4ccc(-c5ccnc(OC(F)F)c5)cc4O)nnc32)CC(C)(C)N1.Cl. The van der Waals surface area contributed by atoms with Crippen LogP contribution in [0.4, 0.5) is 8.78 Å². The van der Waals surface area contributed by atoms with Gasteiger partial charge in [-0.15, -0.1) is 27.7 Å². The van der Waals surface area contributed by atoms with Crippen LogP contribution in [-0.2, 0) is 0 Å². The lowest BCUT2D eigenvalue weighted by atomic mass is 9.80. The molecule has 0 aliphatic carbocycles. The van der Waals surface area contributed by atoms with E-state index in [1.54, 1.807) is 24.3 Å². The first-order valence-electron chi connectivity index (χ1n) is 11.6. The van der Waals surface area contributed by atoms with E-state index in [0.29, 0.717) is 33.5 Å². The van der Waals surface area contributed by atoms with Crippen LogP contribution in [0.5, 0.6) is 11.6 Å². The number of pyridine rings is 1. The number of hydrogen-bond acceptors (Lipinski definition) is 8. The molecule has 0 atom stereocenters. The lowest BCUT2D eigenvalue weighted by Gasteiger charge is -2.46. The zero-order valence-electron chi connectivity index (χ0n) is 20.8. The maximum atomic E-state index is 12.5. The molecule has 196 valence electrons. The minimum atomic E-state index is -2.97. The van der Waals surface area contributed by atoms with Gasteiger partial charge in [0.05, 0.1) is 11.7 Å². The zero-order chi connectivity index (χ0) is 25.7. The summed E-state index contributed by atoms with van der Waals surface area (Å²) in [6, 6.07) is 9.86. The van der Waals surface area contributed by atoms with E-state index in [2.05, 4.69) is 63.2 Å². The molecule has 3 aromatic heterocycles. The second-order valence-electron chi connectivity index (χ2n) is 10.4. The minimum Gasteiger partial charge on any atom is -0.507 e. The van der Waals surface area contributed by atoms with Crippen molar-refractivity contribution in [1.29, 1.82) is 0 Å². The van der Waals surface area contributed by atoms with Gasteiger partial charge in [0.2, 0.25) is 11.5 Å². The van der Waals surface area contributed by atoms with Crippen molar-refractivity contribution in [2.75, 3.05) is 0 Å². The van der Waals surface area contributed by atoms with Gasteiger partial charge >= 0.3 is 6.61 Å². The predicted molar refractivity (Wildman–Crippen MR) is 137 cm³/mol. The van der Waals surface area contributed by atoms with Gasteiger partial charge in [0.25, 0.3) is 0 Å². The highest BCUT2D eigenvalue weighted by atomic mass is 35.5. The monoisotopic (exact) mass is 531 g/mol. The standard InChI is InChI=1S/C25H27F2N7O2.ClH/c1-24(2)12-16(13-25(3,4)32-24)34-22-19(30-33-34)11-18(29-31-22)17-6-5-14(9-20(17)35)15-7-8-28-21(10-15)36-23(26)27;/h5-11,16,23,32,35H,12-13H2,1-4H3;1H. The molecule has 1 aliphatic heterocycles. The van der Waals surface area contributed by atoms with Crippen LogP contribution >= 0.6 is 12.4 Å². The van der Waals surface area contributed by atoms with E-state index in [-0.39, 0.29) is 41.2 Å². The Morgan fingerprint density at radius 2 is 1.70 bits per heavy atom. The maximum absolute atomic E-state index is 12.5. The lowest BCUT2D eigenvalue weighted by molar-refractivity contribution is -0.0528. The first-order chi connectivity index (χ1) is 17.0. The number of phenolic OH excluding ortho intramolecular Hbond substituents is 1. The van der Waals surface area contributed by atoms with Crippen LogP contribution in [0, 0.1) is 0 Å². The Balaban J connectivity index is 0.00000320. The van der Waals surface area contributed by atoms with Crippen LogP contribution < -0.4 is 10.1 Å². The summed E-state index contributed by atoms with van der Waals surface area (Å²) in [4.78, 5) is 3.77. The molecule has 0 radical (unpaired) electrons. The predicted octanol–water partition coefficient (Wildman–Crippen LogP) is 5.16. The van der Waals surface area contributed by atoms with E-state index in [1.807, 2.05) is 4.68 Å². The quantitative estimate of drug-likeness (QED) is 0.363. The van der Waals surface area contributed by atoms with E-state index >= 15 is 0 Å². The summed E-state index contributed by atoms with van der Waals surface area (Å²) in [5.74, 6) is -0.241. The lowest BCUT2D eigenvalue weighted by Crippen LogP contribution is -2.58. The third-order valence-corrected chi connectivity index (χ3v) is 6.29. The Kier molecular flexibility index (Phi) is 7.04. The number of ether oxygens (including phenoxy) is 1. The molecule has 4 aromatic rings. The number of alkyl halides is 2. The highest BCUT2D eigenvalue weighted by Crippen LogP contribution is 2.37. The molecule has 12 heteroatoms. The number of fused-ring (bicyclic) bond motifs is 1. The molecule has 1 saturated heterocycles. The van der Waals surface area contributed by atoms with E-state index in [4.69, 9.17) is 0 Å². The van der Waals surface area contributed by atoms with Gasteiger partial charge in [-0.3, -0.25) is 0 Å². The fourth-order valence-electron chi connectivity index (χ4n) is 5.24. The van der Waals surface area contributed by atoms with Crippen molar-refractivity contribution in [3.8, 4) is 34.0 Å². The van der Waals surface area contributed by atoms with Crippen molar-refractivity contribution in [3.05, 3.63) is 42.6 Å². The molecule has 1 fully saturated rings. The molecule has 37 heavy (non-hydrogen) atoms. The number of aromatic nitrogens is 6. The number of phenols is 1. The van der Waals surface area contributed by atoms with E-state index in [9.17, 15) is 13.9 Å². The molecular weight excluding hydrogens is 504 g/mol. The molecule has 5 rings (SSSR count). The molecule has 2 N–H and O–H groups in total. The largest absolute Gasteiger partial charge is 0.507 e. The van der Waals surface area contributed by atoms with Crippen molar-refractivity contribution in [2.24, 2.45) is 0 Å². The number of aromatic hydroxyl groups is 1. The van der Waals surface area contributed by atoms with Gasteiger partial charge < -0.3 is 15.2 Å². The van der Waals surface area contributed by atoms with Gasteiger partial charge in [-0.1, -0.05) is 11.3 Å². The van der Waals surface area contributed by atoms with Crippen LogP contribution in [0.1, 0.15) is 46.6 Å². The second-order valence-corrected chi connectivity index (χ2v) is 10.4. The Labute approximate surface area is 218 Å². The Morgan fingerprint density at radius 3 is 2.38 bits per heavy atom. The van der Waals surface area contributed by atoms with Gasteiger partial charge in [-0.2, -0.15) is 8.78 Å². The summed E-state index contributed by atoms with van der Waals surface area (Å²) in [5, 5.41) is 31.9. The van der Waals surface area contributed by atoms with Gasteiger partial charge in [0, 0.05) is 28.9 Å². The number of nitrogens with one attached hydrogen (secondary N) is 1. The van der Waals surface area contributed by atoms with Crippen LogP contribution in [0.2, 0.25) is 0 Å². The second kappa shape index (κ2) is 9.79. The number of nitrogens with zero attached hydrogens (tertiary/aromatic N) is 6. The molecular formula is C25H28ClF2N7O2. The molecule has 1 aliphatic rings. The van der Waals surface area contributed by atoms with E-state index < -0.39 is 6.61 Å². The summed E-state index contributed by atoms with van der Waals surface area (Å²) in [6.07, 6.45) is 3.12. The highest BCUT2D eigenvalue weighted by molar-refractivity contribution is 5.85. The van der Waals surface area contributed by atoms with Crippen molar-refractivity contribution in [2.45, 2.75) is 64.3 Å². The molecule has 0 amide bonds. The Morgan fingerprint density at radius 1 is 1.00 bits per heavy atom. The number of piperidine rings is 1. The third kappa shape index (κ3) is 5.62. The minimum absolute atomic E-state index is 0. The molecule has 1 aromatic carbocycles. The normalized spacial score (nSPS) is 17.1. The average molecular weight is 532 g/mol. The Bertz CT molecular complexity index is 1410. The maximum Gasteiger partial charge on any atom is 0.388 e. The van der Waals surface area contributed by atoms with Crippen molar-refractivity contribution in [3.63, 3.8) is 0 Å². The van der Waals surface area contributed by atoms with Crippen LogP contribution in [-0.4, -0.2) is 53.0 Å². The molecule has 0 unspecified atom stereocenters. The summed E-state index contributed by atoms with van der Waals surface area (Å²) < 4.78 is 31.2. The summed E-state index contributed by atoms with van der Waals surface area (Å²) in [6.45, 7) is 5.73. The fraction of sp³-hybridized carbons (Fsp3) is 0.400. The van der Waals surface area contributed by atoms with Crippen LogP contribution in [0.15, 0.2) is 42.6 Å². The first-order valence-corrected chi connectivity index (χ1v) is 11.6. The average Bonchev–Trinajstić information content (AvgIpc) is 3.20. The van der Waals surface area contributed by atoms with Crippen molar-refractivity contribution >= 4 is 23.6 Å². The molecule has 0 saturated carbocycles. The molecule has 0 spiro atoms. The number of hydrogen-bond donors (Lipinski definition) is 2. The van der Waals surface area contributed by atoms with Gasteiger partial charge in [-0.05, 0) is 75.9 Å². The molecule has 0 bridgehead atoms. The van der Waals surface area contributed by atoms with Crippen LogP contribution in [0.25, 0.3) is 33.5 Å². The van der Waals surface area contributed by atoms with Gasteiger partial charge in [0.1, 0.15) is 11.3 Å².